The number of thiophene rings is 2. The van der Waals surface area contributed by atoms with Crippen LogP contribution in [0.25, 0.3) is 11.4 Å². The number of carbonyl (C=O) groups is 2. The molecule has 4 heterocycles. The minimum absolute atomic E-state index is 0.00566. The van der Waals surface area contributed by atoms with Gasteiger partial charge in [0.2, 0.25) is 0 Å². The van der Waals surface area contributed by atoms with Gasteiger partial charge in [-0.15, -0.1) is 22.7 Å². The summed E-state index contributed by atoms with van der Waals surface area (Å²) in [4.78, 5) is 35.0. The molecular formula is C34H46Br2N2O2S2. The van der Waals surface area contributed by atoms with Gasteiger partial charge >= 0.3 is 0 Å². The van der Waals surface area contributed by atoms with Crippen molar-refractivity contribution in [2.75, 3.05) is 13.1 Å². The van der Waals surface area contributed by atoms with E-state index in [1.807, 2.05) is 21.9 Å². The summed E-state index contributed by atoms with van der Waals surface area (Å²) in [5, 5.41) is 0. The quantitative estimate of drug-likeness (QED) is 0.143. The van der Waals surface area contributed by atoms with Gasteiger partial charge in [0.1, 0.15) is 0 Å². The number of hydrogen-bond donors (Lipinski definition) is 0. The Kier molecular flexibility index (Phi) is 13.0. The average Bonchev–Trinajstić information content (AvgIpc) is 3.73. The van der Waals surface area contributed by atoms with Gasteiger partial charge in [-0.25, -0.2) is 0 Å². The van der Waals surface area contributed by atoms with Crippen LogP contribution in [0.5, 0.6) is 0 Å². The minimum Gasteiger partial charge on any atom is -0.306 e. The molecule has 0 spiro atoms. The number of amides is 2. The molecule has 230 valence electrons. The van der Waals surface area contributed by atoms with Crippen molar-refractivity contribution in [1.82, 2.24) is 9.80 Å². The zero-order valence-electron chi connectivity index (χ0n) is 25.6. The minimum atomic E-state index is -0.00873. The van der Waals surface area contributed by atoms with Crippen molar-refractivity contribution < 1.29 is 9.59 Å². The Morgan fingerprint density at radius 3 is 1.48 bits per heavy atom. The third kappa shape index (κ3) is 7.70. The highest BCUT2D eigenvalue weighted by Gasteiger charge is 2.50. The van der Waals surface area contributed by atoms with Gasteiger partial charge in [0.25, 0.3) is 11.8 Å². The third-order valence-corrected chi connectivity index (χ3v) is 11.9. The Bertz CT molecular complexity index is 1290. The van der Waals surface area contributed by atoms with E-state index in [1.165, 1.54) is 25.7 Å². The molecule has 0 radical (unpaired) electrons. The van der Waals surface area contributed by atoms with Gasteiger partial charge in [0, 0.05) is 13.1 Å². The Balaban J connectivity index is 1.79. The first-order valence-corrected chi connectivity index (χ1v) is 19.2. The summed E-state index contributed by atoms with van der Waals surface area (Å²) in [7, 11) is 0. The Hall–Kier alpha value is -1.22. The Labute approximate surface area is 277 Å². The fourth-order valence-corrected chi connectivity index (χ4v) is 9.15. The number of rotatable bonds is 18. The number of unbranched alkanes of at least 4 members (excludes halogenated alkanes) is 5. The molecule has 0 aromatic carbocycles. The van der Waals surface area contributed by atoms with Crippen LogP contribution in [0.2, 0.25) is 0 Å². The molecule has 1 unspecified atom stereocenters. The van der Waals surface area contributed by atoms with Gasteiger partial charge in [-0.3, -0.25) is 9.59 Å². The maximum atomic E-state index is 14.6. The van der Waals surface area contributed by atoms with Crippen molar-refractivity contribution in [3.05, 3.63) is 52.7 Å². The fraction of sp³-hybridized carbons (Fsp3) is 0.588. The SMILES string of the molecule is CCCCCCC(CC)CN1C(=O)C2=C(c3ccc(Br)s3)N(CC(CCCC)CCCC)C(=O)C2=C1c1ccc(Br)s1. The van der Waals surface area contributed by atoms with Crippen molar-refractivity contribution in [2.24, 2.45) is 11.8 Å². The monoisotopic (exact) mass is 736 g/mol. The van der Waals surface area contributed by atoms with E-state index < -0.39 is 0 Å². The zero-order valence-corrected chi connectivity index (χ0v) is 30.5. The van der Waals surface area contributed by atoms with Crippen LogP contribution >= 0.6 is 54.5 Å². The number of hydrogen-bond acceptors (Lipinski definition) is 4. The Morgan fingerprint density at radius 1 is 0.619 bits per heavy atom. The van der Waals surface area contributed by atoms with Gasteiger partial charge in [-0.1, -0.05) is 85.5 Å². The number of carbonyl (C=O) groups excluding carboxylic acids is 2. The van der Waals surface area contributed by atoms with Gasteiger partial charge in [-0.2, -0.15) is 0 Å². The fourth-order valence-electron chi connectivity index (χ4n) is 6.25. The van der Waals surface area contributed by atoms with Gasteiger partial charge < -0.3 is 9.80 Å². The molecule has 2 aromatic heterocycles. The van der Waals surface area contributed by atoms with Gasteiger partial charge in [-0.05, 0) is 87.2 Å². The van der Waals surface area contributed by atoms with Crippen LogP contribution in [0.3, 0.4) is 0 Å². The van der Waals surface area contributed by atoms with Crippen LogP contribution in [0, 0.1) is 11.8 Å². The van der Waals surface area contributed by atoms with Crippen LogP contribution in [-0.2, 0) is 9.59 Å². The first-order valence-electron chi connectivity index (χ1n) is 16.0. The molecule has 4 rings (SSSR count). The molecule has 1 atom stereocenters. The lowest BCUT2D eigenvalue weighted by molar-refractivity contribution is -0.124. The van der Waals surface area contributed by atoms with Crippen molar-refractivity contribution in [3.63, 3.8) is 0 Å². The predicted molar refractivity (Wildman–Crippen MR) is 186 cm³/mol. The highest BCUT2D eigenvalue weighted by atomic mass is 79.9. The second-order valence-electron chi connectivity index (χ2n) is 11.8. The molecule has 2 amide bonds. The van der Waals surface area contributed by atoms with Crippen molar-refractivity contribution >= 4 is 77.7 Å². The average molecular weight is 739 g/mol. The molecule has 0 saturated heterocycles. The first-order chi connectivity index (χ1) is 20.3. The molecule has 0 fully saturated rings. The Morgan fingerprint density at radius 2 is 1.07 bits per heavy atom. The number of halogens is 2. The lowest BCUT2D eigenvalue weighted by Crippen LogP contribution is -2.34. The molecule has 2 aliphatic heterocycles. The second kappa shape index (κ2) is 16.2. The summed E-state index contributed by atoms with van der Waals surface area (Å²) in [5.41, 5.74) is 2.86. The van der Waals surface area contributed by atoms with E-state index in [1.54, 1.807) is 22.7 Å². The summed E-state index contributed by atoms with van der Waals surface area (Å²) in [5.74, 6) is 0.812. The normalized spacial score (nSPS) is 16.2. The number of fused-ring (bicyclic) bond motifs is 1. The van der Waals surface area contributed by atoms with Crippen molar-refractivity contribution in [1.29, 1.82) is 0 Å². The van der Waals surface area contributed by atoms with Crippen LogP contribution in [0.4, 0.5) is 0 Å². The molecule has 0 saturated carbocycles. The lowest BCUT2D eigenvalue weighted by atomic mass is 9.95. The highest BCUT2D eigenvalue weighted by Crippen LogP contribution is 2.50. The molecule has 8 heteroatoms. The largest absolute Gasteiger partial charge is 0.306 e. The van der Waals surface area contributed by atoms with E-state index in [0.29, 0.717) is 36.1 Å². The molecule has 0 N–H and O–H groups in total. The lowest BCUT2D eigenvalue weighted by Gasteiger charge is -2.29. The second-order valence-corrected chi connectivity index (χ2v) is 16.7. The van der Waals surface area contributed by atoms with E-state index in [0.717, 1.165) is 80.1 Å². The smallest absolute Gasteiger partial charge is 0.261 e. The summed E-state index contributed by atoms with van der Waals surface area (Å²) in [6.45, 7) is 10.3. The van der Waals surface area contributed by atoms with E-state index in [9.17, 15) is 9.59 Å². The summed E-state index contributed by atoms with van der Waals surface area (Å²) >= 11 is 10.5. The van der Waals surface area contributed by atoms with Crippen molar-refractivity contribution in [3.8, 4) is 0 Å². The molecule has 0 bridgehead atoms. The summed E-state index contributed by atoms with van der Waals surface area (Å²) in [6, 6.07) is 8.18. The molecule has 2 aliphatic rings. The molecular weight excluding hydrogens is 692 g/mol. The van der Waals surface area contributed by atoms with Crippen molar-refractivity contribution in [2.45, 2.75) is 105 Å². The maximum Gasteiger partial charge on any atom is 0.261 e. The topological polar surface area (TPSA) is 40.6 Å². The van der Waals surface area contributed by atoms with E-state index >= 15 is 0 Å². The van der Waals surface area contributed by atoms with E-state index in [4.69, 9.17) is 0 Å². The zero-order chi connectivity index (χ0) is 30.2. The molecule has 2 aromatic rings. The summed E-state index contributed by atoms with van der Waals surface area (Å²) < 4.78 is 2.01. The standard InChI is InChI=1S/C34H46Br2N2O2S2/c1-5-9-12-13-16-23(8-4)21-37-31(25-17-19-27(35)41-25)29-30(33(37)39)32(26-18-20-28(36)42-26)38(34(29)40)22-24(14-10-6-2)15-11-7-3/h17-20,23-24H,5-16,21-22H2,1-4H3. The third-order valence-electron chi connectivity index (χ3n) is 8.65. The van der Waals surface area contributed by atoms with Crippen LogP contribution in [-0.4, -0.2) is 34.7 Å². The number of nitrogens with zero attached hydrogens (tertiary/aromatic N) is 2. The van der Waals surface area contributed by atoms with Crippen LogP contribution in [0.15, 0.2) is 43.0 Å². The van der Waals surface area contributed by atoms with Crippen LogP contribution in [0.1, 0.15) is 114 Å². The van der Waals surface area contributed by atoms with E-state index in [2.05, 4.69) is 71.7 Å². The van der Waals surface area contributed by atoms with Gasteiger partial charge in [0.15, 0.2) is 0 Å². The first kappa shape index (κ1) is 33.7. The molecule has 0 aliphatic carbocycles. The van der Waals surface area contributed by atoms with Crippen LogP contribution < -0.4 is 0 Å². The highest BCUT2D eigenvalue weighted by molar-refractivity contribution is 9.11. The van der Waals surface area contributed by atoms with Gasteiger partial charge in [0.05, 0.1) is 39.9 Å². The predicted octanol–water partition coefficient (Wildman–Crippen LogP) is 11.1. The maximum absolute atomic E-state index is 14.6. The molecule has 42 heavy (non-hydrogen) atoms. The van der Waals surface area contributed by atoms with E-state index in [-0.39, 0.29) is 11.8 Å². The summed E-state index contributed by atoms with van der Waals surface area (Å²) in [6.07, 6.45) is 13.9. The molecule has 4 nitrogen and oxygen atoms in total.